The van der Waals surface area contributed by atoms with E-state index in [2.05, 4.69) is 10.3 Å². The molecule has 0 aliphatic carbocycles. The maximum atomic E-state index is 12.4. The molecule has 9 heteroatoms. The molecule has 2 heterocycles. The number of amides is 4. The van der Waals surface area contributed by atoms with Gasteiger partial charge in [0.1, 0.15) is 12.2 Å². The average molecular weight is 339 g/mol. The first kappa shape index (κ1) is 17.2. The third-order valence-corrected chi connectivity index (χ3v) is 4.16. The van der Waals surface area contributed by atoms with Crippen LogP contribution in [0.3, 0.4) is 0 Å². The predicted molar refractivity (Wildman–Crippen MR) is 87.7 cm³/mol. The lowest BCUT2D eigenvalue weighted by molar-refractivity contribution is -0.129. The number of nitrogens with zero attached hydrogens (tertiary/aromatic N) is 4. The summed E-state index contributed by atoms with van der Waals surface area (Å²) in [5.74, 6) is -0.384. The highest BCUT2D eigenvalue weighted by Gasteiger charge is 2.33. The minimum absolute atomic E-state index is 0.0219. The van der Waals surface area contributed by atoms with E-state index < -0.39 is 0 Å². The van der Waals surface area contributed by atoms with Crippen LogP contribution in [-0.2, 0) is 4.79 Å². The summed E-state index contributed by atoms with van der Waals surface area (Å²) >= 11 is 1.24. The van der Waals surface area contributed by atoms with E-state index in [0.29, 0.717) is 23.9 Å². The number of urea groups is 1. The topological polar surface area (TPSA) is 85.9 Å². The summed E-state index contributed by atoms with van der Waals surface area (Å²) in [6.07, 6.45) is 0. The Kier molecular flexibility index (Phi) is 5.19. The van der Waals surface area contributed by atoms with Gasteiger partial charge in [0.05, 0.1) is 0 Å². The maximum absolute atomic E-state index is 12.4. The number of rotatable bonds is 5. The highest BCUT2D eigenvalue weighted by molar-refractivity contribution is 7.14. The summed E-state index contributed by atoms with van der Waals surface area (Å²) in [6.45, 7) is 4.71. The van der Waals surface area contributed by atoms with Crippen molar-refractivity contribution >= 4 is 34.3 Å². The highest BCUT2D eigenvalue weighted by Crippen LogP contribution is 2.24. The van der Waals surface area contributed by atoms with Crippen LogP contribution in [0.2, 0.25) is 0 Å². The molecule has 1 aromatic rings. The summed E-state index contributed by atoms with van der Waals surface area (Å²) in [6, 6.07) is -0.237. The Morgan fingerprint density at radius 2 is 2.09 bits per heavy atom. The highest BCUT2D eigenvalue weighted by atomic mass is 32.1. The molecular formula is C14H21N5O3S. The van der Waals surface area contributed by atoms with Crippen LogP contribution in [0.4, 0.5) is 9.93 Å². The fourth-order valence-electron chi connectivity index (χ4n) is 2.04. The maximum Gasteiger partial charge on any atom is 0.326 e. The summed E-state index contributed by atoms with van der Waals surface area (Å²) in [7, 11) is 3.31. The molecular weight excluding hydrogens is 318 g/mol. The fraction of sp³-hybridized carbons (Fsp3) is 0.571. The van der Waals surface area contributed by atoms with Gasteiger partial charge in [0, 0.05) is 38.6 Å². The Morgan fingerprint density at radius 1 is 1.39 bits per heavy atom. The molecule has 1 aromatic heterocycles. The molecule has 1 aliphatic rings. The van der Waals surface area contributed by atoms with Gasteiger partial charge in [0.15, 0.2) is 5.13 Å². The number of anilines is 1. The molecule has 1 aliphatic heterocycles. The molecule has 2 rings (SSSR count). The van der Waals surface area contributed by atoms with Crippen molar-refractivity contribution in [2.75, 3.05) is 38.6 Å². The zero-order valence-corrected chi connectivity index (χ0v) is 14.5. The monoisotopic (exact) mass is 339 g/mol. The van der Waals surface area contributed by atoms with Crippen LogP contribution in [0.5, 0.6) is 0 Å². The van der Waals surface area contributed by atoms with E-state index >= 15 is 0 Å². The Balaban J connectivity index is 2.03. The molecule has 0 spiro atoms. The number of aromatic nitrogens is 1. The van der Waals surface area contributed by atoms with E-state index in [9.17, 15) is 14.4 Å². The Bertz CT molecular complexity index is 613. The van der Waals surface area contributed by atoms with Gasteiger partial charge in [-0.3, -0.25) is 14.5 Å². The van der Waals surface area contributed by atoms with Gasteiger partial charge >= 0.3 is 6.03 Å². The van der Waals surface area contributed by atoms with Crippen LogP contribution >= 0.6 is 11.3 Å². The van der Waals surface area contributed by atoms with E-state index in [1.165, 1.54) is 26.0 Å². The van der Waals surface area contributed by atoms with E-state index in [1.807, 2.05) is 13.8 Å². The van der Waals surface area contributed by atoms with Crippen molar-refractivity contribution in [2.24, 2.45) is 0 Å². The quantitative estimate of drug-likeness (QED) is 0.852. The summed E-state index contributed by atoms with van der Waals surface area (Å²) < 4.78 is 0. The van der Waals surface area contributed by atoms with Crippen LogP contribution in [0.1, 0.15) is 24.3 Å². The smallest absolute Gasteiger partial charge is 0.326 e. The van der Waals surface area contributed by atoms with E-state index in [-0.39, 0.29) is 30.4 Å². The van der Waals surface area contributed by atoms with E-state index in [4.69, 9.17) is 0 Å². The van der Waals surface area contributed by atoms with Crippen LogP contribution in [0.15, 0.2) is 5.38 Å². The van der Waals surface area contributed by atoms with Gasteiger partial charge in [-0.25, -0.2) is 9.78 Å². The Labute approximate surface area is 139 Å². The fourth-order valence-corrected chi connectivity index (χ4v) is 2.86. The van der Waals surface area contributed by atoms with E-state index in [1.54, 1.807) is 19.5 Å². The molecule has 23 heavy (non-hydrogen) atoms. The minimum Gasteiger partial charge on any atom is -0.349 e. The molecule has 0 aromatic carbocycles. The second-order valence-electron chi connectivity index (χ2n) is 5.79. The molecule has 1 saturated heterocycles. The molecule has 0 bridgehead atoms. The minimum atomic E-state index is -0.259. The largest absolute Gasteiger partial charge is 0.349 e. The van der Waals surface area contributed by atoms with Crippen molar-refractivity contribution in [3.8, 4) is 0 Å². The summed E-state index contributed by atoms with van der Waals surface area (Å²) in [5.41, 5.74) is 0.300. The van der Waals surface area contributed by atoms with Crippen molar-refractivity contribution in [3.63, 3.8) is 0 Å². The molecule has 0 saturated carbocycles. The van der Waals surface area contributed by atoms with Gasteiger partial charge in [-0.2, -0.15) is 0 Å². The second-order valence-corrected chi connectivity index (χ2v) is 6.62. The van der Waals surface area contributed by atoms with Crippen LogP contribution in [0, 0.1) is 0 Å². The van der Waals surface area contributed by atoms with Gasteiger partial charge in [-0.15, -0.1) is 11.3 Å². The van der Waals surface area contributed by atoms with Crippen molar-refractivity contribution in [2.45, 2.75) is 19.9 Å². The van der Waals surface area contributed by atoms with Crippen LogP contribution < -0.4 is 10.2 Å². The van der Waals surface area contributed by atoms with Gasteiger partial charge in [0.25, 0.3) is 5.91 Å². The molecule has 1 fully saturated rings. The number of carbonyl (C=O) groups excluding carboxylic acids is 3. The zero-order valence-electron chi connectivity index (χ0n) is 13.7. The average Bonchev–Trinajstić information content (AvgIpc) is 3.06. The lowest BCUT2D eigenvalue weighted by Crippen LogP contribution is -2.39. The van der Waals surface area contributed by atoms with Crippen molar-refractivity contribution in [3.05, 3.63) is 11.1 Å². The lowest BCUT2D eigenvalue weighted by atomic mass is 10.3. The van der Waals surface area contributed by atoms with E-state index in [0.717, 1.165) is 0 Å². The number of likely N-dealkylation sites (N-methyl/N-ethyl adjacent to an activating group) is 1. The van der Waals surface area contributed by atoms with Gasteiger partial charge < -0.3 is 15.1 Å². The second kappa shape index (κ2) is 6.95. The summed E-state index contributed by atoms with van der Waals surface area (Å²) in [5, 5.41) is 4.87. The zero-order chi connectivity index (χ0) is 17.1. The molecule has 8 nitrogen and oxygen atoms in total. The first-order valence-corrected chi connectivity index (χ1v) is 8.20. The molecule has 4 amide bonds. The number of hydrogen-bond donors (Lipinski definition) is 1. The van der Waals surface area contributed by atoms with Crippen LogP contribution in [-0.4, -0.2) is 72.4 Å². The Hall–Kier alpha value is -2.16. The van der Waals surface area contributed by atoms with Gasteiger partial charge in [-0.1, -0.05) is 0 Å². The summed E-state index contributed by atoms with van der Waals surface area (Å²) in [4.78, 5) is 44.7. The number of nitrogens with one attached hydrogen (secondary N) is 1. The first-order valence-electron chi connectivity index (χ1n) is 7.32. The third kappa shape index (κ3) is 3.98. The van der Waals surface area contributed by atoms with Gasteiger partial charge in [0.2, 0.25) is 5.91 Å². The van der Waals surface area contributed by atoms with Gasteiger partial charge in [-0.05, 0) is 13.8 Å². The predicted octanol–water partition coefficient (Wildman–Crippen LogP) is 0.611. The SMILES string of the molecule is CC(C)NC(=O)c1csc(N2CCN(CC(=O)N(C)C)C2=O)n1. The molecule has 126 valence electrons. The molecule has 0 atom stereocenters. The normalized spacial score (nSPS) is 14.6. The molecule has 1 N–H and O–H groups in total. The number of thiazole rings is 1. The lowest BCUT2D eigenvalue weighted by Gasteiger charge is -2.18. The first-order chi connectivity index (χ1) is 10.8. The third-order valence-electron chi connectivity index (χ3n) is 3.30. The standard InChI is InChI=1S/C14H21N5O3S/c1-9(2)15-12(21)10-8-23-13(16-10)19-6-5-18(14(19)22)7-11(20)17(3)4/h8-9H,5-7H2,1-4H3,(H,15,21). The van der Waals surface area contributed by atoms with Crippen molar-refractivity contribution < 1.29 is 14.4 Å². The van der Waals surface area contributed by atoms with Crippen molar-refractivity contribution in [1.82, 2.24) is 20.1 Å². The number of carbonyl (C=O) groups is 3. The number of hydrogen-bond acceptors (Lipinski definition) is 5. The molecule has 0 radical (unpaired) electrons. The Morgan fingerprint density at radius 3 is 2.70 bits per heavy atom. The molecule has 0 unspecified atom stereocenters. The van der Waals surface area contributed by atoms with Crippen molar-refractivity contribution in [1.29, 1.82) is 0 Å². The van der Waals surface area contributed by atoms with Crippen LogP contribution in [0.25, 0.3) is 0 Å².